The Morgan fingerprint density at radius 3 is 2.24 bits per heavy atom. The highest BCUT2D eigenvalue weighted by molar-refractivity contribution is 7.66. The third-order valence-corrected chi connectivity index (χ3v) is 2.52. The van der Waals surface area contributed by atoms with Crippen molar-refractivity contribution < 1.29 is 31.3 Å². The highest BCUT2D eigenvalue weighted by atomic mass is 32.2. The Bertz CT molecular complexity index is 387. The first-order valence-electron chi connectivity index (χ1n) is 6.12. The molecule has 0 aromatic rings. The Morgan fingerprint density at radius 2 is 2.00 bits per heavy atom. The van der Waals surface area contributed by atoms with Crippen LogP contribution in [0.4, 0.5) is 0 Å². The molecule has 21 heavy (non-hydrogen) atoms. The molecule has 0 saturated carbocycles. The summed E-state index contributed by atoms with van der Waals surface area (Å²) >= 11 is 0. The maximum Gasteiger partial charge on any atom is 0.327 e. The Morgan fingerprint density at radius 1 is 1.48 bits per heavy atom. The summed E-state index contributed by atoms with van der Waals surface area (Å²) in [7, 11) is 2.59. The summed E-state index contributed by atoms with van der Waals surface area (Å²) in [6, 6.07) is 0. The summed E-state index contributed by atoms with van der Waals surface area (Å²) in [6.45, 7) is 5.80. The number of likely N-dealkylation sites (N-methyl/N-ethyl adjacent to an activating group) is 1. The van der Waals surface area contributed by atoms with Gasteiger partial charge in [0.15, 0.2) is 0 Å². The van der Waals surface area contributed by atoms with E-state index < -0.39 is 11.0 Å². The third kappa shape index (κ3) is 19.1. The summed E-state index contributed by atoms with van der Waals surface area (Å²) in [6.07, 6.45) is 3.28. The molecule has 0 aliphatic carbocycles. The molecule has 0 unspecified atom stereocenters. The second kappa shape index (κ2) is 12.8. The zero-order chi connectivity index (χ0) is 16.9. The second-order valence-electron chi connectivity index (χ2n) is 5.02. The summed E-state index contributed by atoms with van der Waals surface area (Å²) < 4.78 is 40.7. The summed E-state index contributed by atoms with van der Waals surface area (Å²) in [4.78, 5) is 12.3. The quantitative estimate of drug-likeness (QED) is 0.255. The number of hydrogen-bond donors (Lipinski definition) is 1. The van der Waals surface area contributed by atoms with Gasteiger partial charge in [-0.2, -0.15) is 0 Å². The van der Waals surface area contributed by atoms with Gasteiger partial charge in [-0.3, -0.25) is 9.32 Å². The lowest BCUT2D eigenvalue weighted by molar-refractivity contribution is -0.870. The average molecular weight is 342 g/mol. The first kappa shape index (κ1) is 22.4. The monoisotopic (exact) mass is 342 g/mol. The average Bonchev–Trinajstić information content (AvgIpc) is 2.73. The summed E-state index contributed by atoms with van der Waals surface area (Å²) in [5.41, 5.74) is 0. The fraction of sp³-hybridized carbons (Fsp3) is 0.727. The molecule has 1 aliphatic rings. The molecule has 0 N–H and O–H groups in total. The first-order chi connectivity index (χ1) is 9.64. The molecular formula is C11H23N2O6PS. The van der Waals surface area contributed by atoms with Crippen molar-refractivity contribution in [1.29, 1.82) is 0 Å². The van der Waals surface area contributed by atoms with Crippen LogP contribution in [0, 0.1) is 0 Å². The van der Waals surface area contributed by atoms with Crippen LogP contribution in [0.1, 0.15) is 12.8 Å². The first-order valence-corrected chi connectivity index (χ1v) is 7.95. The molecule has 124 valence electrons. The molecule has 10 heteroatoms. The molecule has 1 saturated heterocycles. The molecule has 0 aromatic carbocycles. The number of quaternary nitrogens is 1. The van der Waals surface area contributed by atoms with E-state index in [-0.39, 0.29) is 14.6 Å². The lowest BCUT2D eigenvalue weighted by Crippen LogP contribution is -2.37. The van der Waals surface area contributed by atoms with E-state index in [9.17, 15) is 9.36 Å². The predicted molar refractivity (Wildman–Crippen MR) is 78.7 cm³/mol. The molecule has 0 atom stereocenters. The van der Waals surface area contributed by atoms with E-state index in [4.69, 9.17) is 13.0 Å². The number of hydrogen-bond acceptors (Lipinski definition) is 6. The van der Waals surface area contributed by atoms with Crippen molar-refractivity contribution in [3.63, 3.8) is 0 Å². The Hall–Kier alpha value is -0.860. The number of likely N-dealkylation sites (tertiary alicyclic amines) is 1. The maximum atomic E-state index is 10.7. The Kier molecular flexibility index (Phi) is 13.7. The minimum atomic E-state index is -3.37. The van der Waals surface area contributed by atoms with Gasteiger partial charge in [0, 0.05) is 13.0 Å². The molecule has 0 spiro atoms. The number of rotatable bonds is 5. The van der Waals surface area contributed by atoms with Crippen LogP contribution in [0.2, 0.25) is 0 Å². The van der Waals surface area contributed by atoms with Crippen LogP contribution in [0.3, 0.4) is 0 Å². The highest BCUT2D eigenvalue weighted by Gasteiger charge is 2.16. The lowest BCUT2D eigenvalue weighted by atomic mass is 10.4. The van der Waals surface area contributed by atoms with Gasteiger partial charge in [-0.25, -0.2) is 13.0 Å². The predicted octanol–water partition coefficient (Wildman–Crippen LogP) is 0.396. The molecule has 0 aromatic heterocycles. The molecule has 0 radical (unpaired) electrons. The normalized spacial score (nSPS) is 14.3. The van der Waals surface area contributed by atoms with Gasteiger partial charge < -0.3 is 13.9 Å². The SMILES string of the molecule is C=CN1CCCC1=O.C[N+](C)(C)CCOP=O.O=[SH](=O)[O-]. The molecule has 8 nitrogen and oxygen atoms in total. The number of carbonyl (C=O) groups excluding carboxylic acids is 1. The van der Waals surface area contributed by atoms with Crippen LogP contribution < -0.4 is 0 Å². The standard InChI is InChI=1S/C6H9NO.C5H13NO2P.H2O3S/c1-2-7-5-3-4-6(7)8;1-6(2,3)4-5-8-9-7;1-4(2)3/h2H,1,3-5H2;4-5H2,1-3H3;4H,(H,1,2,3)/q;+1;/p-1. The van der Waals surface area contributed by atoms with Crippen LogP contribution in [0.5, 0.6) is 0 Å². The van der Waals surface area contributed by atoms with Crippen LogP contribution in [0.25, 0.3) is 0 Å². The van der Waals surface area contributed by atoms with E-state index in [0.29, 0.717) is 13.0 Å². The van der Waals surface area contributed by atoms with Gasteiger partial charge in [-0.05, 0) is 12.6 Å². The lowest BCUT2D eigenvalue weighted by Gasteiger charge is -2.22. The Balaban J connectivity index is 0. The van der Waals surface area contributed by atoms with Crippen molar-refractivity contribution in [3.8, 4) is 0 Å². The minimum absolute atomic E-state index is 0.208. The molecule has 1 rings (SSSR count). The molecule has 0 bridgehead atoms. The largest absolute Gasteiger partial charge is 0.750 e. The van der Waals surface area contributed by atoms with Crippen molar-refractivity contribution >= 4 is 25.6 Å². The maximum absolute atomic E-state index is 10.7. The van der Waals surface area contributed by atoms with Crippen molar-refractivity contribution in [2.75, 3.05) is 40.8 Å². The third-order valence-electron chi connectivity index (χ3n) is 2.24. The molecule has 1 aliphatic heterocycles. The van der Waals surface area contributed by atoms with Crippen LogP contribution in [0.15, 0.2) is 12.8 Å². The minimum Gasteiger partial charge on any atom is -0.750 e. The van der Waals surface area contributed by atoms with E-state index in [0.717, 1.165) is 24.0 Å². The smallest absolute Gasteiger partial charge is 0.327 e. The Labute approximate surface area is 129 Å². The highest BCUT2D eigenvalue weighted by Crippen LogP contribution is 2.08. The van der Waals surface area contributed by atoms with Gasteiger partial charge in [0.05, 0.1) is 32.1 Å². The van der Waals surface area contributed by atoms with E-state index in [1.165, 1.54) is 0 Å². The second-order valence-corrected chi connectivity index (χ2v) is 5.87. The topological polar surface area (TPSA) is 104 Å². The molecular weight excluding hydrogens is 319 g/mol. The van der Waals surface area contributed by atoms with Gasteiger partial charge in [0.1, 0.15) is 13.2 Å². The van der Waals surface area contributed by atoms with Gasteiger partial charge in [-0.15, -0.1) is 0 Å². The fourth-order valence-corrected chi connectivity index (χ4v) is 1.37. The number of thiol groups is 1. The number of nitrogens with zero attached hydrogens (tertiary/aromatic N) is 2. The van der Waals surface area contributed by atoms with Crippen LogP contribution in [-0.4, -0.2) is 69.1 Å². The molecule has 1 amide bonds. The van der Waals surface area contributed by atoms with E-state index in [1.54, 1.807) is 11.1 Å². The van der Waals surface area contributed by atoms with Crippen molar-refractivity contribution in [1.82, 2.24) is 4.90 Å². The van der Waals surface area contributed by atoms with Crippen LogP contribution >= 0.6 is 8.69 Å². The summed E-state index contributed by atoms with van der Waals surface area (Å²) in [5.74, 6) is 0.208. The van der Waals surface area contributed by atoms with E-state index >= 15 is 0 Å². The van der Waals surface area contributed by atoms with Gasteiger partial charge in [-0.1, -0.05) is 6.58 Å². The fourth-order valence-electron chi connectivity index (χ4n) is 1.21. The van der Waals surface area contributed by atoms with Crippen LogP contribution in [-0.2, 0) is 24.9 Å². The van der Waals surface area contributed by atoms with Crippen molar-refractivity contribution in [2.45, 2.75) is 12.8 Å². The molecule has 1 heterocycles. The zero-order valence-corrected chi connectivity index (χ0v) is 14.3. The number of carbonyl (C=O) groups is 1. The zero-order valence-electron chi connectivity index (χ0n) is 12.6. The van der Waals surface area contributed by atoms with Gasteiger partial charge >= 0.3 is 8.69 Å². The van der Waals surface area contributed by atoms with Gasteiger partial charge in [0.25, 0.3) is 0 Å². The number of amides is 1. The molecule has 1 fully saturated rings. The summed E-state index contributed by atoms with van der Waals surface area (Å²) in [5, 5.41) is 0. The van der Waals surface area contributed by atoms with E-state index in [2.05, 4.69) is 32.2 Å². The van der Waals surface area contributed by atoms with Gasteiger partial charge in [0.2, 0.25) is 5.91 Å². The van der Waals surface area contributed by atoms with Crippen molar-refractivity contribution in [2.24, 2.45) is 0 Å². The van der Waals surface area contributed by atoms with Crippen molar-refractivity contribution in [3.05, 3.63) is 12.8 Å². The van der Waals surface area contributed by atoms with E-state index in [1.807, 2.05) is 0 Å².